The molecule has 32 rings (SSSR count). The van der Waals surface area contributed by atoms with E-state index in [4.69, 9.17) is 0 Å². The van der Waals surface area contributed by atoms with Gasteiger partial charge in [0.25, 0.3) is 0 Å². The van der Waals surface area contributed by atoms with E-state index in [9.17, 15) is 0 Å². The monoisotopic (exact) mass is 764 g/mol. The molecule has 32 aliphatic rings. The summed E-state index contributed by atoms with van der Waals surface area (Å²) in [5.74, 6) is 14.7. The Balaban J connectivity index is 0.854. The molecule has 32 aliphatic carbocycles. The first kappa shape index (κ1) is 24.5. The third-order valence-electron chi connectivity index (χ3n) is 48.7. The molecule has 43 atom stereocenters. The summed E-state index contributed by atoms with van der Waals surface area (Å²) in [6.07, 6.45) is 1.78. The van der Waals surface area contributed by atoms with Crippen LogP contribution >= 0.6 is 0 Å². The van der Waals surface area contributed by atoms with Gasteiger partial charge in [-0.05, 0) is 251 Å². The average Bonchev–Trinajstić information content (AvgIpc) is 3.13. The summed E-state index contributed by atoms with van der Waals surface area (Å²) in [5, 5.41) is 0. The second-order valence-electron chi connectivity index (χ2n) is 36.6. The van der Waals surface area contributed by atoms with Crippen molar-refractivity contribution in [3.8, 4) is 0 Å². The Labute approximate surface area is 346 Å². The number of rotatable bonds is 0. The Morgan fingerprint density at radius 3 is 1.24 bits per heavy atom. The molecule has 21 spiro atoms. The fourth-order valence-corrected chi connectivity index (χ4v) is 58.5. The number of hydrogen-bond donors (Lipinski definition) is 0. The maximum atomic E-state index is 3.29. The molecule has 0 aromatic heterocycles. The van der Waals surface area contributed by atoms with Gasteiger partial charge in [-0.3, -0.25) is 0 Å². The van der Waals surface area contributed by atoms with Gasteiger partial charge in [-0.15, -0.1) is 0 Å². The first-order valence-electron chi connectivity index (χ1n) is 27.8. The van der Waals surface area contributed by atoms with Crippen molar-refractivity contribution < 1.29 is 0 Å². The standard InChI is InChI=1S/C59H56/c1-16-20-22-18-15-19-23-25-27-26-24-21-17(2)29(5)33(9)31(7)28(3,4)32(8)35(11)37(13)38(14)36(12)34(10)30(16,6)40(20)42(22)39(18,19)43(23)45(25)47(27)46(26)44(24)41(21,29)49(33)48(31,32)51(35)53(37)54(38)52(36)50(34,40)55(42,43)57(45,52)59(47,54)58(46,53)56(44,49)51/h16-27H,15H2,1-14H3. The van der Waals surface area contributed by atoms with Crippen LogP contribution in [0.1, 0.15) is 103 Å². The van der Waals surface area contributed by atoms with E-state index in [-0.39, 0.29) is 0 Å². The van der Waals surface area contributed by atoms with Gasteiger partial charge < -0.3 is 0 Å². The van der Waals surface area contributed by atoms with E-state index in [1.807, 2.05) is 0 Å². The van der Waals surface area contributed by atoms with Gasteiger partial charge in [-0.1, -0.05) is 96.9 Å². The predicted octanol–water partition coefficient (Wildman–Crippen LogP) is 9.05. The fraction of sp³-hybridized carbons (Fsp3) is 1.00. The minimum Gasteiger partial charge on any atom is -0.0616 e. The highest BCUT2D eigenvalue weighted by molar-refractivity contribution is 6.14. The van der Waals surface area contributed by atoms with Gasteiger partial charge >= 0.3 is 0 Å². The Hall–Kier alpha value is 0. The van der Waals surface area contributed by atoms with E-state index < -0.39 is 0 Å². The van der Waals surface area contributed by atoms with Crippen molar-refractivity contribution in [3.05, 3.63) is 0 Å². The summed E-state index contributed by atoms with van der Waals surface area (Å²) < 4.78 is 0. The van der Waals surface area contributed by atoms with Crippen molar-refractivity contribution in [2.24, 2.45) is 244 Å². The number of fused-ring (bicyclic) bond motifs is 16. The average molecular weight is 765 g/mol. The smallest absolute Gasteiger partial charge is 0.000394 e. The molecular weight excluding hydrogens is 709 g/mol. The summed E-state index contributed by atoms with van der Waals surface area (Å²) in [7, 11) is 0. The lowest BCUT2D eigenvalue weighted by atomic mass is 8.35. The molecule has 0 radical (unpaired) electrons. The minimum absolute atomic E-state index is 0.453. The Bertz CT molecular complexity index is 3580. The predicted molar refractivity (Wildman–Crippen MR) is 204 cm³/mol. The molecule has 0 nitrogen and oxygen atoms in total. The van der Waals surface area contributed by atoms with E-state index in [0.29, 0.717) is 59.6 Å². The van der Waals surface area contributed by atoms with Crippen molar-refractivity contribution in [3.63, 3.8) is 0 Å². The lowest BCUT2D eigenvalue weighted by Gasteiger charge is -3.67. The third kappa shape index (κ3) is 0.533. The summed E-state index contributed by atoms with van der Waals surface area (Å²) in [6, 6.07) is 0. The van der Waals surface area contributed by atoms with Crippen LogP contribution in [0.2, 0.25) is 0 Å². The lowest BCUT2D eigenvalue weighted by Crippen LogP contribution is -3.66. The van der Waals surface area contributed by atoms with Crippen LogP contribution < -0.4 is 0 Å². The zero-order valence-corrected chi connectivity index (χ0v) is 37.6. The molecule has 0 N–H and O–H groups in total. The van der Waals surface area contributed by atoms with Crippen molar-refractivity contribution in [1.82, 2.24) is 0 Å². The topological polar surface area (TPSA) is 0 Å². The summed E-state index contributed by atoms with van der Waals surface area (Å²) >= 11 is 0. The molecule has 59 heavy (non-hydrogen) atoms. The minimum atomic E-state index is 0.453. The SMILES string of the molecule is CC1C2C3C4CC5C6C7C8C9C%10C%11C(C)C%12(C)C%13(C)C%14(C)C(C)(C)C%15(C)C%16(C)C%17(C)C%18(C)C%19(C)C%20(C)C1(C)C21C32C45C63C74C85C96C%107C%11%12C%138C%14%15C%169C%17%10C%18%11C%19%12C%201C23C4%12C5%11C6%10C789. The van der Waals surface area contributed by atoms with Gasteiger partial charge in [-0.25, -0.2) is 0 Å². The van der Waals surface area contributed by atoms with Crippen LogP contribution in [0.25, 0.3) is 0 Å². The Kier molecular flexibility index (Phi) is 1.49. The molecule has 0 heteroatoms. The highest BCUT2D eigenvalue weighted by atomic mass is 15.7. The first-order valence-corrected chi connectivity index (χ1v) is 27.8. The van der Waals surface area contributed by atoms with Crippen molar-refractivity contribution >= 4 is 0 Å². The molecule has 292 valence electrons. The largest absolute Gasteiger partial charge is 0.0616 e. The zero-order valence-electron chi connectivity index (χ0n) is 37.6. The van der Waals surface area contributed by atoms with Crippen LogP contribution in [0.3, 0.4) is 0 Å². The van der Waals surface area contributed by atoms with Crippen LogP contribution in [0.4, 0.5) is 0 Å². The molecular formula is C59H56. The molecule has 32 fully saturated rings. The highest BCUT2D eigenvalue weighted by Crippen LogP contribution is 3.71. The van der Waals surface area contributed by atoms with Crippen LogP contribution in [0.15, 0.2) is 0 Å². The van der Waals surface area contributed by atoms with Gasteiger partial charge in [-0.2, -0.15) is 0 Å². The molecule has 0 amide bonds. The normalized spacial score (nSPS) is 126. The molecule has 0 aromatic rings. The molecule has 0 aromatic carbocycles. The van der Waals surface area contributed by atoms with Crippen LogP contribution in [-0.4, -0.2) is 0 Å². The summed E-state index contributed by atoms with van der Waals surface area (Å²) in [4.78, 5) is 0. The van der Waals surface area contributed by atoms with Gasteiger partial charge in [0.1, 0.15) is 0 Å². The van der Waals surface area contributed by atoms with Crippen LogP contribution in [-0.2, 0) is 0 Å². The summed E-state index contributed by atoms with van der Waals surface area (Å²) in [5.41, 5.74) is 25.2. The second-order valence-corrected chi connectivity index (χ2v) is 36.6. The van der Waals surface area contributed by atoms with E-state index >= 15 is 0 Å². The van der Waals surface area contributed by atoms with Gasteiger partial charge in [0.05, 0.1) is 0 Å². The van der Waals surface area contributed by atoms with Crippen LogP contribution in [0, 0.1) is 244 Å². The quantitative estimate of drug-likeness (QED) is 0.231. The van der Waals surface area contributed by atoms with Crippen LogP contribution in [0.5, 0.6) is 0 Å². The maximum absolute atomic E-state index is 3.29. The van der Waals surface area contributed by atoms with Crippen molar-refractivity contribution in [2.75, 3.05) is 0 Å². The van der Waals surface area contributed by atoms with Gasteiger partial charge in [0.15, 0.2) is 0 Å². The second kappa shape index (κ2) is 3.59. The molecule has 43 unspecified atom stereocenters. The van der Waals surface area contributed by atoms with Gasteiger partial charge in [0, 0.05) is 0 Å². The van der Waals surface area contributed by atoms with Crippen molar-refractivity contribution in [1.29, 1.82) is 0 Å². The third-order valence-corrected chi connectivity index (χ3v) is 48.7. The zero-order chi connectivity index (χ0) is 37.6. The van der Waals surface area contributed by atoms with Crippen molar-refractivity contribution in [2.45, 2.75) is 103 Å². The summed E-state index contributed by atoms with van der Waals surface area (Å²) in [6.45, 7) is 43.8. The molecule has 0 heterocycles. The molecule has 0 aliphatic heterocycles. The first-order chi connectivity index (χ1) is 27.8. The molecule has 0 saturated heterocycles. The molecule has 32 saturated carbocycles. The lowest BCUT2D eigenvalue weighted by molar-refractivity contribution is -1.23. The van der Waals surface area contributed by atoms with E-state index in [0.717, 1.165) is 126 Å². The number of hydrogen-bond acceptors (Lipinski definition) is 0. The fourth-order valence-electron chi connectivity index (χ4n) is 58.5. The van der Waals surface area contributed by atoms with Gasteiger partial charge in [0.2, 0.25) is 0 Å². The van der Waals surface area contributed by atoms with E-state index in [1.165, 1.54) is 59.2 Å². The Morgan fingerprint density at radius 1 is 0.271 bits per heavy atom. The maximum Gasteiger partial charge on any atom is -0.000394 e. The Morgan fingerprint density at radius 2 is 0.610 bits per heavy atom. The van der Waals surface area contributed by atoms with E-state index in [1.54, 1.807) is 6.42 Å². The molecule has 0 bridgehead atoms. The van der Waals surface area contributed by atoms with E-state index in [2.05, 4.69) is 96.9 Å². The highest BCUT2D eigenvalue weighted by Gasteiger charge is 3.70.